The van der Waals surface area contributed by atoms with E-state index in [0.717, 1.165) is 16.2 Å². The standard InChI is InChI=1S/C23H16ClN3O7S/c1-11-20(22(31)34-2)35-23(25-11)26-17(13-4-3-5-15(10-13)27(32)33)16(19(29)21(26)30)18(28)12-6-8-14(24)9-7-12/h3-10,17,28H,1-2H3/b18-16+/t17-/m1/s1. The Morgan fingerprint density at radius 2 is 1.91 bits per heavy atom. The summed E-state index contributed by atoms with van der Waals surface area (Å²) in [4.78, 5) is 54.7. The van der Waals surface area contributed by atoms with E-state index >= 15 is 0 Å². The average molecular weight is 514 g/mol. The molecule has 2 aromatic carbocycles. The minimum atomic E-state index is -1.25. The van der Waals surface area contributed by atoms with Crippen molar-refractivity contribution in [2.45, 2.75) is 13.0 Å². The van der Waals surface area contributed by atoms with Crippen molar-refractivity contribution in [3.63, 3.8) is 0 Å². The molecule has 1 fully saturated rings. The van der Waals surface area contributed by atoms with Crippen molar-refractivity contribution in [3.8, 4) is 0 Å². The third kappa shape index (κ3) is 4.27. The summed E-state index contributed by atoms with van der Waals surface area (Å²) in [7, 11) is 1.20. The molecule has 0 unspecified atom stereocenters. The molecule has 1 amide bonds. The van der Waals surface area contributed by atoms with Gasteiger partial charge in [0.15, 0.2) is 5.13 Å². The lowest BCUT2D eigenvalue weighted by Crippen LogP contribution is -2.29. The quantitative estimate of drug-likeness (QED) is 0.132. The monoisotopic (exact) mass is 513 g/mol. The number of nitro groups is 1. The van der Waals surface area contributed by atoms with E-state index in [1.807, 2.05) is 0 Å². The zero-order chi connectivity index (χ0) is 25.4. The number of methoxy groups -OCH3 is 1. The Kier molecular flexibility index (Phi) is 6.37. The first-order valence-electron chi connectivity index (χ1n) is 10.0. The molecule has 0 aliphatic carbocycles. The lowest BCUT2D eigenvalue weighted by Gasteiger charge is -2.22. The summed E-state index contributed by atoms with van der Waals surface area (Å²) in [5.74, 6) is -3.18. The molecule has 1 N–H and O–H groups in total. The lowest BCUT2D eigenvalue weighted by molar-refractivity contribution is -0.384. The highest BCUT2D eigenvalue weighted by molar-refractivity contribution is 7.17. The van der Waals surface area contributed by atoms with Gasteiger partial charge in [0, 0.05) is 22.7 Å². The number of ether oxygens (including phenoxy) is 1. The Balaban J connectivity index is 1.96. The number of amides is 1. The summed E-state index contributed by atoms with van der Waals surface area (Å²) in [5.41, 5.74) is 0.125. The van der Waals surface area contributed by atoms with Gasteiger partial charge in [0.05, 0.1) is 29.3 Å². The van der Waals surface area contributed by atoms with Gasteiger partial charge in [-0.25, -0.2) is 9.78 Å². The number of thiazole rings is 1. The zero-order valence-corrected chi connectivity index (χ0v) is 19.8. The molecular formula is C23H16ClN3O7S. The van der Waals surface area contributed by atoms with Crippen LogP contribution in [0.3, 0.4) is 0 Å². The number of anilines is 1. The molecule has 1 aromatic heterocycles. The molecule has 1 saturated heterocycles. The highest BCUT2D eigenvalue weighted by Gasteiger charge is 2.48. The van der Waals surface area contributed by atoms with Crippen LogP contribution in [0.4, 0.5) is 10.8 Å². The van der Waals surface area contributed by atoms with Gasteiger partial charge in [-0.1, -0.05) is 35.1 Å². The molecule has 0 spiro atoms. The second kappa shape index (κ2) is 9.28. The van der Waals surface area contributed by atoms with E-state index in [2.05, 4.69) is 4.98 Å². The second-order valence-electron chi connectivity index (χ2n) is 7.43. The molecule has 3 aromatic rings. The maximum absolute atomic E-state index is 13.2. The Morgan fingerprint density at radius 3 is 2.54 bits per heavy atom. The summed E-state index contributed by atoms with van der Waals surface area (Å²) in [6, 6.07) is 10.1. The van der Waals surface area contributed by atoms with Gasteiger partial charge in [0.25, 0.3) is 11.5 Å². The van der Waals surface area contributed by atoms with Crippen molar-refractivity contribution in [2.24, 2.45) is 0 Å². The van der Waals surface area contributed by atoms with E-state index in [9.17, 15) is 29.6 Å². The number of ketones is 1. The fourth-order valence-electron chi connectivity index (χ4n) is 3.68. The lowest BCUT2D eigenvalue weighted by atomic mass is 9.95. The third-order valence-electron chi connectivity index (χ3n) is 5.32. The number of benzene rings is 2. The van der Waals surface area contributed by atoms with Crippen molar-refractivity contribution in [1.29, 1.82) is 0 Å². The van der Waals surface area contributed by atoms with Crippen LogP contribution in [-0.4, -0.2) is 39.8 Å². The Bertz CT molecular complexity index is 1410. The van der Waals surface area contributed by atoms with Crippen LogP contribution in [0.5, 0.6) is 0 Å². The molecule has 0 radical (unpaired) electrons. The van der Waals surface area contributed by atoms with Crippen LogP contribution < -0.4 is 4.90 Å². The number of aryl methyl sites for hydroxylation is 1. The van der Waals surface area contributed by atoms with Gasteiger partial charge in [0.1, 0.15) is 10.6 Å². The van der Waals surface area contributed by atoms with Crippen molar-refractivity contribution in [1.82, 2.24) is 4.98 Å². The number of carbonyl (C=O) groups excluding carboxylic acids is 3. The maximum Gasteiger partial charge on any atom is 0.350 e. The van der Waals surface area contributed by atoms with E-state index in [0.29, 0.717) is 5.02 Å². The van der Waals surface area contributed by atoms with E-state index in [1.165, 1.54) is 55.6 Å². The molecule has 1 aliphatic rings. The number of nitrogens with zero attached hydrogens (tertiary/aromatic N) is 3. The van der Waals surface area contributed by atoms with E-state index in [1.54, 1.807) is 6.92 Å². The van der Waals surface area contributed by atoms with E-state index < -0.39 is 34.4 Å². The molecular weight excluding hydrogens is 498 g/mol. The molecule has 0 bridgehead atoms. The zero-order valence-electron chi connectivity index (χ0n) is 18.2. The number of halogens is 1. The minimum Gasteiger partial charge on any atom is -0.507 e. The number of hydrogen-bond acceptors (Lipinski definition) is 9. The number of aliphatic hydroxyl groups is 1. The van der Waals surface area contributed by atoms with Crippen molar-refractivity contribution < 1.29 is 29.2 Å². The largest absolute Gasteiger partial charge is 0.507 e. The fourth-order valence-corrected chi connectivity index (χ4v) is 4.82. The van der Waals surface area contributed by atoms with Crippen LogP contribution >= 0.6 is 22.9 Å². The molecule has 0 saturated carbocycles. The number of hydrogen-bond donors (Lipinski definition) is 1. The number of rotatable bonds is 5. The maximum atomic E-state index is 13.2. The topological polar surface area (TPSA) is 140 Å². The van der Waals surface area contributed by atoms with Crippen molar-refractivity contribution in [3.05, 3.63) is 90.9 Å². The van der Waals surface area contributed by atoms with Gasteiger partial charge in [0.2, 0.25) is 0 Å². The third-order valence-corrected chi connectivity index (χ3v) is 6.71. The highest BCUT2D eigenvalue weighted by Crippen LogP contribution is 2.44. The highest BCUT2D eigenvalue weighted by atomic mass is 35.5. The summed E-state index contributed by atoms with van der Waals surface area (Å²) in [6.45, 7) is 1.54. The number of Topliss-reactive ketones (excluding diaryl/α,β-unsaturated/α-hetero) is 1. The Morgan fingerprint density at radius 1 is 1.23 bits per heavy atom. The second-order valence-corrected chi connectivity index (χ2v) is 8.84. The van der Waals surface area contributed by atoms with Crippen LogP contribution in [-0.2, 0) is 14.3 Å². The number of aliphatic hydroxyl groups excluding tert-OH is 1. The Hall–Kier alpha value is -4.09. The van der Waals surface area contributed by atoms with Crippen LogP contribution in [0.1, 0.15) is 32.5 Å². The Labute approximate surface area is 207 Å². The molecule has 12 heteroatoms. The first kappa shape index (κ1) is 24.0. The van der Waals surface area contributed by atoms with Gasteiger partial charge in [-0.05, 0) is 36.8 Å². The van der Waals surface area contributed by atoms with E-state index in [4.69, 9.17) is 16.3 Å². The predicted octanol–water partition coefficient (Wildman–Crippen LogP) is 4.43. The van der Waals surface area contributed by atoms with Crippen LogP contribution in [0.2, 0.25) is 5.02 Å². The van der Waals surface area contributed by atoms with Gasteiger partial charge >= 0.3 is 11.9 Å². The van der Waals surface area contributed by atoms with Gasteiger partial charge in [-0.15, -0.1) is 0 Å². The summed E-state index contributed by atoms with van der Waals surface area (Å²) in [5, 5.41) is 22.9. The SMILES string of the molecule is COC(=O)c1sc(N2C(=O)C(=O)/C(=C(/O)c3ccc(Cl)cc3)[C@H]2c2cccc([N+](=O)[O-])c2)nc1C. The molecule has 4 rings (SSSR count). The summed E-state index contributed by atoms with van der Waals surface area (Å²) in [6.07, 6.45) is 0. The first-order chi connectivity index (χ1) is 16.6. The van der Waals surface area contributed by atoms with Gasteiger partial charge in [-0.2, -0.15) is 0 Å². The van der Waals surface area contributed by atoms with Crippen molar-refractivity contribution in [2.75, 3.05) is 12.0 Å². The summed E-state index contributed by atoms with van der Waals surface area (Å²) < 4.78 is 4.75. The van der Waals surface area contributed by atoms with E-state index in [-0.39, 0.29) is 38.1 Å². The van der Waals surface area contributed by atoms with Gasteiger partial charge in [-0.3, -0.25) is 24.6 Å². The summed E-state index contributed by atoms with van der Waals surface area (Å²) >= 11 is 6.75. The average Bonchev–Trinajstić information content (AvgIpc) is 3.35. The smallest absolute Gasteiger partial charge is 0.350 e. The number of non-ortho nitro benzene ring substituents is 1. The normalized spacial score (nSPS) is 17.0. The van der Waals surface area contributed by atoms with Gasteiger partial charge < -0.3 is 9.84 Å². The number of esters is 1. The number of carbonyl (C=O) groups is 3. The fraction of sp³-hybridized carbons (Fsp3) is 0.130. The molecule has 10 nitrogen and oxygen atoms in total. The molecule has 178 valence electrons. The van der Waals surface area contributed by atoms with Crippen LogP contribution in [0, 0.1) is 17.0 Å². The molecule has 1 atom stereocenters. The molecule has 1 aliphatic heterocycles. The molecule has 2 heterocycles. The van der Waals surface area contributed by atoms with Crippen LogP contribution in [0.25, 0.3) is 5.76 Å². The number of nitro benzene ring substituents is 1. The van der Waals surface area contributed by atoms with Crippen molar-refractivity contribution >= 4 is 57.2 Å². The number of aromatic nitrogens is 1. The predicted molar refractivity (Wildman–Crippen MR) is 128 cm³/mol. The first-order valence-corrected chi connectivity index (χ1v) is 11.2. The van der Waals surface area contributed by atoms with Crippen LogP contribution in [0.15, 0.2) is 54.1 Å². The minimum absolute atomic E-state index is 0.00309. The molecule has 35 heavy (non-hydrogen) atoms.